The number of imidazole rings is 1. The van der Waals surface area contributed by atoms with Gasteiger partial charge in [0.15, 0.2) is 0 Å². The molecule has 9 heteroatoms. The van der Waals surface area contributed by atoms with Crippen LogP contribution in [0.15, 0.2) is 24.5 Å². The Bertz CT molecular complexity index is 865. The van der Waals surface area contributed by atoms with E-state index in [-0.39, 0.29) is 5.82 Å². The van der Waals surface area contributed by atoms with E-state index in [1.54, 1.807) is 32.9 Å². The van der Waals surface area contributed by atoms with E-state index in [1.807, 2.05) is 23.1 Å². The lowest BCUT2D eigenvalue weighted by atomic mass is 9.97. The standard InChI is InChI=1S/C18H22N4O5/c1-20-11-19-17(22(23)24)18(20)21-7-5-12(6-8-21)16-14(26-3)9-13(25-2)10-15(16)27-4/h5,9-11H,6-8H2,1-4H3. The zero-order chi connectivity index (χ0) is 19.6. The summed E-state index contributed by atoms with van der Waals surface area (Å²) in [5, 5.41) is 11.2. The Kier molecular flexibility index (Phi) is 5.20. The summed E-state index contributed by atoms with van der Waals surface area (Å²) in [6.07, 6.45) is 4.18. The highest BCUT2D eigenvalue weighted by atomic mass is 16.6. The molecule has 0 saturated heterocycles. The van der Waals surface area contributed by atoms with Crippen molar-refractivity contribution < 1.29 is 19.1 Å². The third-order valence-corrected chi connectivity index (χ3v) is 4.61. The lowest BCUT2D eigenvalue weighted by Crippen LogP contribution is -2.30. The average Bonchev–Trinajstić information content (AvgIpc) is 3.08. The number of anilines is 1. The molecule has 144 valence electrons. The monoisotopic (exact) mass is 374 g/mol. The molecular formula is C18H22N4O5. The molecule has 27 heavy (non-hydrogen) atoms. The van der Waals surface area contributed by atoms with Crippen molar-refractivity contribution in [3.05, 3.63) is 40.2 Å². The van der Waals surface area contributed by atoms with E-state index in [2.05, 4.69) is 4.98 Å². The fourth-order valence-electron chi connectivity index (χ4n) is 3.32. The van der Waals surface area contributed by atoms with Crippen LogP contribution >= 0.6 is 0 Å². The second-order valence-corrected chi connectivity index (χ2v) is 6.09. The summed E-state index contributed by atoms with van der Waals surface area (Å²) < 4.78 is 18.0. The van der Waals surface area contributed by atoms with E-state index >= 15 is 0 Å². The average molecular weight is 374 g/mol. The Morgan fingerprint density at radius 1 is 1.15 bits per heavy atom. The lowest BCUT2D eigenvalue weighted by Gasteiger charge is -2.28. The zero-order valence-electron chi connectivity index (χ0n) is 15.8. The summed E-state index contributed by atoms with van der Waals surface area (Å²) in [5.74, 6) is 2.35. The number of hydrogen-bond donors (Lipinski definition) is 0. The highest BCUT2D eigenvalue weighted by molar-refractivity contribution is 5.78. The Morgan fingerprint density at radius 3 is 2.30 bits per heavy atom. The van der Waals surface area contributed by atoms with Gasteiger partial charge in [0, 0.05) is 32.3 Å². The first kappa shape index (κ1) is 18.6. The van der Waals surface area contributed by atoms with Gasteiger partial charge in [-0.1, -0.05) is 6.08 Å². The van der Waals surface area contributed by atoms with Gasteiger partial charge in [0.1, 0.15) is 17.2 Å². The van der Waals surface area contributed by atoms with Crippen molar-refractivity contribution in [1.82, 2.24) is 9.55 Å². The van der Waals surface area contributed by atoms with Gasteiger partial charge in [-0.3, -0.25) is 4.57 Å². The van der Waals surface area contributed by atoms with Crippen LogP contribution in [0, 0.1) is 10.1 Å². The Hall–Kier alpha value is -3.23. The number of nitro groups is 1. The molecule has 1 aliphatic heterocycles. The van der Waals surface area contributed by atoms with Gasteiger partial charge in [0.25, 0.3) is 0 Å². The quantitative estimate of drug-likeness (QED) is 0.567. The van der Waals surface area contributed by atoms with Crippen LogP contribution in [0.25, 0.3) is 5.57 Å². The van der Waals surface area contributed by atoms with E-state index < -0.39 is 4.92 Å². The van der Waals surface area contributed by atoms with Gasteiger partial charge >= 0.3 is 5.82 Å². The maximum absolute atomic E-state index is 11.2. The fraction of sp³-hybridized carbons (Fsp3) is 0.389. The summed E-state index contributed by atoms with van der Waals surface area (Å²) in [6.45, 7) is 1.14. The molecule has 0 saturated carbocycles. The molecule has 3 rings (SSSR count). The molecule has 0 aliphatic carbocycles. The number of nitrogens with zero attached hydrogens (tertiary/aromatic N) is 4. The van der Waals surface area contributed by atoms with Crippen molar-refractivity contribution in [3.63, 3.8) is 0 Å². The Balaban J connectivity index is 1.95. The minimum Gasteiger partial charge on any atom is -0.496 e. The SMILES string of the molecule is COc1cc(OC)c(C2=CCN(c3c([N+](=O)[O-])ncn3C)CC2)c(OC)c1. The first-order valence-electron chi connectivity index (χ1n) is 8.40. The van der Waals surface area contributed by atoms with Crippen molar-refractivity contribution in [2.75, 3.05) is 39.3 Å². The molecular weight excluding hydrogens is 352 g/mol. The number of aryl methyl sites for hydroxylation is 1. The number of benzene rings is 1. The third kappa shape index (κ3) is 3.40. The van der Waals surface area contributed by atoms with Crippen LogP contribution in [0.1, 0.15) is 12.0 Å². The van der Waals surface area contributed by atoms with Crippen molar-refractivity contribution >= 4 is 17.2 Å². The fourth-order valence-corrected chi connectivity index (χ4v) is 3.32. The predicted molar refractivity (Wildman–Crippen MR) is 101 cm³/mol. The van der Waals surface area contributed by atoms with E-state index in [4.69, 9.17) is 14.2 Å². The second kappa shape index (κ2) is 7.56. The molecule has 0 N–H and O–H groups in total. The maximum Gasteiger partial charge on any atom is 0.406 e. The number of hydrogen-bond acceptors (Lipinski definition) is 7. The van der Waals surface area contributed by atoms with E-state index in [1.165, 1.54) is 6.33 Å². The zero-order valence-corrected chi connectivity index (χ0v) is 15.8. The summed E-state index contributed by atoms with van der Waals surface area (Å²) in [7, 11) is 6.55. The van der Waals surface area contributed by atoms with Crippen LogP contribution in [0.5, 0.6) is 17.2 Å². The molecule has 0 bridgehead atoms. The normalized spacial score (nSPS) is 13.9. The van der Waals surface area contributed by atoms with Gasteiger partial charge in [-0.05, 0) is 21.9 Å². The summed E-state index contributed by atoms with van der Waals surface area (Å²) in [5.41, 5.74) is 1.94. The topological polar surface area (TPSA) is 91.9 Å². The summed E-state index contributed by atoms with van der Waals surface area (Å²) in [4.78, 5) is 16.6. The van der Waals surface area contributed by atoms with Crippen molar-refractivity contribution in [1.29, 1.82) is 0 Å². The smallest absolute Gasteiger partial charge is 0.406 e. The predicted octanol–water partition coefficient (Wildman–Crippen LogP) is 2.65. The van der Waals surface area contributed by atoms with Gasteiger partial charge in [-0.15, -0.1) is 0 Å². The largest absolute Gasteiger partial charge is 0.496 e. The molecule has 2 aromatic rings. The van der Waals surface area contributed by atoms with Gasteiger partial charge in [0.2, 0.25) is 12.1 Å². The van der Waals surface area contributed by atoms with Crippen LogP contribution < -0.4 is 19.1 Å². The number of ether oxygens (including phenoxy) is 3. The first-order chi connectivity index (χ1) is 13.0. The Labute approximate surface area is 156 Å². The van der Waals surface area contributed by atoms with Gasteiger partial charge in [-0.25, -0.2) is 0 Å². The second-order valence-electron chi connectivity index (χ2n) is 6.09. The first-order valence-corrected chi connectivity index (χ1v) is 8.40. The van der Waals surface area contributed by atoms with Gasteiger partial charge < -0.3 is 29.2 Å². The van der Waals surface area contributed by atoms with Crippen LogP contribution in [0.4, 0.5) is 11.6 Å². The molecule has 1 aliphatic rings. The summed E-state index contributed by atoms with van der Waals surface area (Å²) in [6, 6.07) is 3.63. The van der Waals surface area contributed by atoms with E-state index in [9.17, 15) is 10.1 Å². The van der Waals surface area contributed by atoms with Crippen molar-refractivity contribution in [3.8, 4) is 17.2 Å². The highest BCUT2D eigenvalue weighted by Crippen LogP contribution is 2.41. The Morgan fingerprint density at radius 2 is 1.81 bits per heavy atom. The van der Waals surface area contributed by atoms with Crippen LogP contribution in [-0.4, -0.2) is 48.9 Å². The van der Waals surface area contributed by atoms with Crippen LogP contribution in [0.3, 0.4) is 0 Å². The molecule has 2 heterocycles. The minimum atomic E-state index is -0.454. The molecule has 1 aromatic heterocycles. The molecule has 0 spiro atoms. The third-order valence-electron chi connectivity index (χ3n) is 4.61. The molecule has 0 unspecified atom stereocenters. The lowest BCUT2D eigenvalue weighted by molar-refractivity contribution is -0.388. The van der Waals surface area contributed by atoms with Crippen LogP contribution in [0.2, 0.25) is 0 Å². The molecule has 0 amide bonds. The van der Waals surface area contributed by atoms with E-state index in [0.29, 0.717) is 42.6 Å². The highest BCUT2D eigenvalue weighted by Gasteiger charge is 2.28. The molecule has 0 radical (unpaired) electrons. The molecule has 0 atom stereocenters. The van der Waals surface area contributed by atoms with Crippen molar-refractivity contribution in [2.24, 2.45) is 7.05 Å². The van der Waals surface area contributed by atoms with E-state index in [0.717, 1.165) is 11.1 Å². The molecule has 1 aromatic carbocycles. The maximum atomic E-state index is 11.2. The van der Waals surface area contributed by atoms with Gasteiger partial charge in [-0.2, -0.15) is 0 Å². The number of methoxy groups -OCH3 is 3. The van der Waals surface area contributed by atoms with Crippen LogP contribution in [-0.2, 0) is 7.05 Å². The summed E-state index contributed by atoms with van der Waals surface area (Å²) >= 11 is 0. The number of aromatic nitrogens is 2. The van der Waals surface area contributed by atoms with Gasteiger partial charge in [0.05, 0.1) is 26.9 Å². The minimum absolute atomic E-state index is 0.131. The number of rotatable bonds is 6. The molecule has 0 fully saturated rings. The molecule has 9 nitrogen and oxygen atoms in total. The van der Waals surface area contributed by atoms with Crippen molar-refractivity contribution in [2.45, 2.75) is 6.42 Å².